The van der Waals surface area contributed by atoms with E-state index in [2.05, 4.69) is 52.1 Å². The Morgan fingerprint density at radius 3 is 2.56 bits per heavy atom. The Labute approximate surface area is 219 Å². The number of amides is 1. The van der Waals surface area contributed by atoms with Crippen molar-refractivity contribution in [3.8, 4) is 11.8 Å². The number of nitrogens with zero attached hydrogens (tertiary/aromatic N) is 1. The van der Waals surface area contributed by atoms with Gasteiger partial charge in [-0.3, -0.25) is 4.79 Å². The van der Waals surface area contributed by atoms with Gasteiger partial charge in [-0.1, -0.05) is 66.2 Å². The van der Waals surface area contributed by atoms with Gasteiger partial charge < -0.3 is 10.1 Å². The molecule has 36 heavy (non-hydrogen) atoms. The fourth-order valence-corrected chi connectivity index (χ4v) is 4.58. The largest absolute Gasteiger partial charge is 0.487 e. The zero-order valence-electron chi connectivity index (χ0n) is 19.9. The molecule has 0 aliphatic carbocycles. The van der Waals surface area contributed by atoms with Crippen LogP contribution < -0.4 is 10.1 Å². The molecule has 0 saturated carbocycles. The lowest BCUT2D eigenvalue weighted by molar-refractivity contribution is -0.112. The molecule has 0 heterocycles. The third-order valence-corrected chi connectivity index (χ3v) is 6.33. The summed E-state index contributed by atoms with van der Waals surface area (Å²) < 4.78 is 7.02. The highest BCUT2D eigenvalue weighted by Gasteiger charge is 2.14. The van der Waals surface area contributed by atoms with Gasteiger partial charge in [0.2, 0.25) is 0 Å². The van der Waals surface area contributed by atoms with Crippen molar-refractivity contribution in [2.45, 2.75) is 20.0 Å². The van der Waals surface area contributed by atoms with Gasteiger partial charge in [-0.2, -0.15) is 5.26 Å². The minimum absolute atomic E-state index is 0.0106. The molecule has 0 aliphatic rings. The number of aryl methyl sites for hydroxylation is 1. The second kappa shape index (κ2) is 11.5. The zero-order valence-corrected chi connectivity index (χ0v) is 21.5. The number of rotatable bonds is 8. The molecule has 0 bridgehead atoms. The summed E-state index contributed by atoms with van der Waals surface area (Å²) in [7, 11) is 0. The number of benzene rings is 4. The number of allylic oxidation sites excluding steroid dienone is 1. The number of nitriles is 1. The predicted molar refractivity (Wildman–Crippen MR) is 150 cm³/mol. The first-order valence-corrected chi connectivity index (χ1v) is 12.3. The lowest BCUT2D eigenvalue weighted by Gasteiger charge is -2.15. The van der Waals surface area contributed by atoms with Crippen LogP contribution in [0.2, 0.25) is 0 Å². The lowest BCUT2D eigenvalue weighted by Crippen LogP contribution is -2.13. The molecule has 5 heteroatoms. The molecular formula is C31H25BrN2O2. The van der Waals surface area contributed by atoms with Crippen LogP contribution in [0.15, 0.2) is 102 Å². The highest BCUT2D eigenvalue weighted by Crippen LogP contribution is 2.33. The standard InChI is InChI=1S/C31H25BrN2O2/c1-3-7-24-16-22(17-26(19-33)31(35)34-27-14-12-21(2)13-15-27)18-29(32)30(24)36-20-25-10-6-9-23-8-4-5-11-28(23)25/h3-6,8-18H,1,7,20H2,2H3,(H,34,35)/b26-17-. The van der Waals surface area contributed by atoms with Gasteiger partial charge in [-0.15, -0.1) is 6.58 Å². The maximum Gasteiger partial charge on any atom is 0.266 e. The van der Waals surface area contributed by atoms with Gasteiger partial charge in [-0.05, 0) is 87.1 Å². The number of hydrogen-bond acceptors (Lipinski definition) is 3. The van der Waals surface area contributed by atoms with Crippen molar-refractivity contribution in [2.75, 3.05) is 5.32 Å². The van der Waals surface area contributed by atoms with E-state index in [0.717, 1.165) is 31.9 Å². The molecule has 0 unspecified atom stereocenters. The summed E-state index contributed by atoms with van der Waals surface area (Å²) >= 11 is 3.63. The van der Waals surface area contributed by atoms with Gasteiger partial charge in [0.15, 0.2) is 0 Å². The molecule has 0 atom stereocenters. The normalized spacial score (nSPS) is 11.1. The molecule has 0 fully saturated rings. The number of nitrogens with one attached hydrogen (secondary N) is 1. The minimum Gasteiger partial charge on any atom is -0.487 e. The summed E-state index contributed by atoms with van der Waals surface area (Å²) in [5.74, 6) is 0.252. The molecule has 0 radical (unpaired) electrons. The number of carbonyl (C=O) groups excluding carboxylic acids is 1. The third kappa shape index (κ3) is 5.91. The number of halogens is 1. The third-order valence-electron chi connectivity index (χ3n) is 5.74. The van der Waals surface area contributed by atoms with Crippen molar-refractivity contribution < 1.29 is 9.53 Å². The number of anilines is 1. The van der Waals surface area contributed by atoms with Crippen molar-refractivity contribution in [3.63, 3.8) is 0 Å². The summed E-state index contributed by atoms with van der Waals surface area (Å²) in [5, 5.41) is 14.7. The molecule has 0 aromatic heterocycles. The van der Waals surface area contributed by atoms with Crippen molar-refractivity contribution in [3.05, 3.63) is 124 Å². The average molecular weight is 537 g/mol. The molecule has 4 nitrogen and oxygen atoms in total. The first-order valence-electron chi connectivity index (χ1n) is 11.5. The number of carbonyl (C=O) groups is 1. The Balaban J connectivity index is 1.59. The van der Waals surface area contributed by atoms with Crippen molar-refractivity contribution in [1.82, 2.24) is 0 Å². The Bertz CT molecular complexity index is 1490. The van der Waals surface area contributed by atoms with E-state index >= 15 is 0 Å². The van der Waals surface area contributed by atoms with E-state index in [4.69, 9.17) is 4.74 Å². The van der Waals surface area contributed by atoms with Crippen LogP contribution in [0.25, 0.3) is 16.8 Å². The van der Waals surface area contributed by atoms with Crippen LogP contribution in [-0.4, -0.2) is 5.91 Å². The summed E-state index contributed by atoms with van der Waals surface area (Å²) in [5.41, 5.74) is 4.45. The topological polar surface area (TPSA) is 62.1 Å². The summed E-state index contributed by atoms with van der Waals surface area (Å²) in [6, 6.07) is 27.6. The van der Waals surface area contributed by atoms with Gasteiger partial charge >= 0.3 is 0 Å². The highest BCUT2D eigenvalue weighted by atomic mass is 79.9. The fraction of sp³-hybridized carbons (Fsp3) is 0.0968. The highest BCUT2D eigenvalue weighted by molar-refractivity contribution is 9.10. The molecule has 0 saturated heterocycles. The SMILES string of the molecule is C=CCc1cc(/C=C(/C#N)C(=O)Nc2ccc(C)cc2)cc(Br)c1OCc1cccc2ccccc12. The van der Waals surface area contributed by atoms with E-state index < -0.39 is 5.91 Å². The van der Waals surface area contributed by atoms with E-state index in [0.29, 0.717) is 30.0 Å². The van der Waals surface area contributed by atoms with E-state index in [-0.39, 0.29) is 5.57 Å². The van der Waals surface area contributed by atoms with Crippen LogP contribution >= 0.6 is 15.9 Å². The van der Waals surface area contributed by atoms with Gasteiger partial charge in [0, 0.05) is 5.69 Å². The monoisotopic (exact) mass is 536 g/mol. The number of hydrogen-bond donors (Lipinski definition) is 1. The number of ether oxygens (including phenoxy) is 1. The van der Waals surface area contributed by atoms with Crippen molar-refractivity contribution in [1.29, 1.82) is 5.26 Å². The quantitative estimate of drug-likeness (QED) is 0.142. The maximum absolute atomic E-state index is 12.7. The molecular weight excluding hydrogens is 512 g/mol. The van der Waals surface area contributed by atoms with E-state index in [9.17, 15) is 10.1 Å². The second-order valence-corrected chi connectivity index (χ2v) is 9.26. The van der Waals surface area contributed by atoms with Crippen LogP contribution in [0.5, 0.6) is 5.75 Å². The fourth-order valence-electron chi connectivity index (χ4n) is 3.94. The number of fused-ring (bicyclic) bond motifs is 1. The molecule has 1 amide bonds. The van der Waals surface area contributed by atoms with Crippen molar-refractivity contribution >= 4 is 44.4 Å². The molecule has 0 spiro atoms. The van der Waals surface area contributed by atoms with Crippen molar-refractivity contribution in [2.24, 2.45) is 0 Å². The Morgan fingerprint density at radius 1 is 1.06 bits per heavy atom. The maximum atomic E-state index is 12.7. The zero-order chi connectivity index (χ0) is 25.5. The van der Waals surface area contributed by atoms with Crippen LogP contribution in [0.4, 0.5) is 5.69 Å². The van der Waals surface area contributed by atoms with Crippen LogP contribution in [0.1, 0.15) is 22.3 Å². The molecule has 1 N–H and O–H groups in total. The average Bonchev–Trinajstić information content (AvgIpc) is 2.88. The van der Waals surface area contributed by atoms with Gasteiger partial charge in [0.25, 0.3) is 5.91 Å². The van der Waals surface area contributed by atoms with Crippen LogP contribution in [0.3, 0.4) is 0 Å². The lowest BCUT2D eigenvalue weighted by atomic mass is 10.0. The first-order chi connectivity index (χ1) is 17.5. The van der Waals surface area contributed by atoms with E-state index in [1.54, 1.807) is 12.2 Å². The van der Waals surface area contributed by atoms with Crippen LogP contribution in [0, 0.1) is 18.3 Å². The molecule has 4 rings (SSSR count). The molecule has 4 aromatic rings. The summed E-state index contributed by atoms with van der Waals surface area (Å²) in [6.45, 7) is 6.25. The predicted octanol–water partition coefficient (Wildman–Crippen LogP) is 7.76. The first kappa shape index (κ1) is 25.0. The second-order valence-electron chi connectivity index (χ2n) is 8.40. The van der Waals surface area contributed by atoms with Gasteiger partial charge in [0.1, 0.15) is 24.0 Å². The minimum atomic E-state index is -0.459. The molecule has 178 valence electrons. The van der Waals surface area contributed by atoms with Crippen LogP contribution in [-0.2, 0) is 17.8 Å². The molecule has 4 aromatic carbocycles. The molecule has 0 aliphatic heterocycles. The summed E-state index contributed by atoms with van der Waals surface area (Å²) in [4.78, 5) is 12.7. The smallest absolute Gasteiger partial charge is 0.266 e. The summed E-state index contributed by atoms with van der Waals surface area (Å²) in [6.07, 6.45) is 3.95. The Kier molecular flexibility index (Phi) is 7.99. The van der Waals surface area contributed by atoms with E-state index in [1.807, 2.05) is 67.6 Å². The van der Waals surface area contributed by atoms with E-state index in [1.165, 1.54) is 0 Å². The Hall–Kier alpha value is -4.14. The van der Waals surface area contributed by atoms with Gasteiger partial charge in [0.05, 0.1) is 4.47 Å². The van der Waals surface area contributed by atoms with Gasteiger partial charge in [-0.25, -0.2) is 0 Å². The Morgan fingerprint density at radius 2 is 1.81 bits per heavy atom.